The summed E-state index contributed by atoms with van der Waals surface area (Å²) >= 11 is 0. The van der Waals surface area contributed by atoms with Crippen molar-refractivity contribution in [2.75, 3.05) is 18.4 Å². The SMILES string of the molecule is CC(NCCNc1c(F)c(F)c(CO)c(F)c1F)=C1C(=O)C[C@@H]2[C@H]1C2(C)C. The molecule has 2 saturated carbocycles. The number of fused-ring (bicyclic) bond motifs is 1. The van der Waals surface area contributed by atoms with Crippen molar-refractivity contribution in [1.82, 2.24) is 5.32 Å². The lowest BCUT2D eigenvalue weighted by Crippen LogP contribution is -2.24. The Hall–Kier alpha value is -2.09. The van der Waals surface area contributed by atoms with E-state index < -0.39 is 41.1 Å². The first-order valence-corrected chi connectivity index (χ1v) is 8.80. The molecule has 1 aromatic carbocycles. The molecule has 1 aromatic rings. The minimum Gasteiger partial charge on any atom is -0.391 e. The maximum absolute atomic E-state index is 13.9. The van der Waals surface area contributed by atoms with Gasteiger partial charge in [-0.15, -0.1) is 0 Å². The zero-order chi connectivity index (χ0) is 20.1. The van der Waals surface area contributed by atoms with Gasteiger partial charge in [0.05, 0.1) is 12.2 Å². The molecule has 3 rings (SSSR count). The van der Waals surface area contributed by atoms with Crippen molar-refractivity contribution >= 4 is 11.5 Å². The van der Waals surface area contributed by atoms with Gasteiger partial charge in [-0.3, -0.25) is 4.79 Å². The second-order valence-electron chi connectivity index (χ2n) is 7.69. The van der Waals surface area contributed by atoms with Crippen LogP contribution in [0.1, 0.15) is 32.8 Å². The van der Waals surface area contributed by atoms with E-state index in [0.717, 1.165) is 5.57 Å². The smallest absolute Gasteiger partial charge is 0.185 e. The summed E-state index contributed by atoms with van der Waals surface area (Å²) < 4.78 is 55.1. The Morgan fingerprint density at radius 3 is 2.22 bits per heavy atom. The van der Waals surface area contributed by atoms with E-state index >= 15 is 0 Å². The van der Waals surface area contributed by atoms with Crippen LogP contribution in [-0.4, -0.2) is 24.0 Å². The van der Waals surface area contributed by atoms with E-state index in [0.29, 0.717) is 18.0 Å². The highest BCUT2D eigenvalue weighted by molar-refractivity contribution is 6.01. The van der Waals surface area contributed by atoms with Crippen LogP contribution in [0.4, 0.5) is 23.2 Å². The van der Waals surface area contributed by atoms with Gasteiger partial charge < -0.3 is 15.7 Å². The molecule has 2 atom stereocenters. The predicted octanol–water partition coefficient (Wildman–Crippen LogP) is 3.26. The molecule has 0 saturated heterocycles. The maximum atomic E-state index is 13.9. The Balaban J connectivity index is 1.65. The molecular formula is C19H22F4N2O2. The Labute approximate surface area is 154 Å². The molecular weight excluding hydrogens is 364 g/mol. The molecule has 0 radical (unpaired) electrons. The summed E-state index contributed by atoms with van der Waals surface area (Å²) in [4.78, 5) is 12.1. The monoisotopic (exact) mass is 386 g/mol. The zero-order valence-corrected chi connectivity index (χ0v) is 15.4. The largest absolute Gasteiger partial charge is 0.391 e. The molecule has 27 heavy (non-hydrogen) atoms. The van der Waals surface area contributed by atoms with Crippen molar-refractivity contribution in [3.05, 3.63) is 40.1 Å². The van der Waals surface area contributed by atoms with Crippen molar-refractivity contribution in [3.8, 4) is 0 Å². The van der Waals surface area contributed by atoms with Crippen molar-refractivity contribution in [2.24, 2.45) is 17.3 Å². The molecule has 3 N–H and O–H groups in total. The third-order valence-electron chi connectivity index (χ3n) is 5.80. The predicted molar refractivity (Wildman–Crippen MR) is 91.8 cm³/mol. The van der Waals surface area contributed by atoms with E-state index in [1.165, 1.54) is 0 Å². The van der Waals surface area contributed by atoms with Crippen molar-refractivity contribution < 1.29 is 27.5 Å². The first-order chi connectivity index (χ1) is 12.6. The summed E-state index contributed by atoms with van der Waals surface area (Å²) in [5.41, 5.74) is -0.369. The lowest BCUT2D eigenvalue weighted by molar-refractivity contribution is -0.115. The van der Waals surface area contributed by atoms with Gasteiger partial charge in [0.25, 0.3) is 0 Å². The molecule has 148 valence electrons. The van der Waals surface area contributed by atoms with Crippen LogP contribution in [0.5, 0.6) is 0 Å². The van der Waals surface area contributed by atoms with Gasteiger partial charge in [0.1, 0.15) is 5.69 Å². The summed E-state index contributed by atoms with van der Waals surface area (Å²) in [6.07, 6.45) is 0.538. The number of carbonyl (C=O) groups is 1. The van der Waals surface area contributed by atoms with Crippen LogP contribution in [0.15, 0.2) is 11.3 Å². The molecule has 0 spiro atoms. The normalized spacial score (nSPS) is 24.7. The van der Waals surface area contributed by atoms with Crippen LogP contribution < -0.4 is 10.6 Å². The van der Waals surface area contributed by atoms with E-state index in [9.17, 15) is 22.4 Å². The number of Topliss-reactive ketones (excluding diaryl/α,β-unsaturated/α-hetero) is 1. The third-order valence-corrected chi connectivity index (χ3v) is 5.80. The fraction of sp³-hybridized carbons (Fsp3) is 0.526. The summed E-state index contributed by atoms with van der Waals surface area (Å²) in [5.74, 6) is -5.69. The van der Waals surface area contributed by atoms with Gasteiger partial charge in [0, 0.05) is 30.8 Å². The number of aliphatic hydroxyl groups is 1. The van der Waals surface area contributed by atoms with Crippen molar-refractivity contribution in [1.29, 1.82) is 0 Å². The minimum absolute atomic E-state index is 0.0263. The molecule has 0 aromatic heterocycles. The van der Waals surface area contributed by atoms with E-state index in [4.69, 9.17) is 5.11 Å². The van der Waals surface area contributed by atoms with Crippen LogP contribution in [0.2, 0.25) is 0 Å². The van der Waals surface area contributed by atoms with Crippen LogP contribution in [0.3, 0.4) is 0 Å². The quantitative estimate of drug-likeness (QED) is 0.304. The number of ketones is 1. The number of benzene rings is 1. The summed E-state index contributed by atoms with van der Waals surface area (Å²) in [7, 11) is 0. The number of nitrogens with one attached hydrogen (secondary N) is 2. The van der Waals surface area contributed by atoms with Crippen molar-refractivity contribution in [2.45, 2.75) is 33.8 Å². The van der Waals surface area contributed by atoms with Gasteiger partial charge in [0.2, 0.25) is 0 Å². The fourth-order valence-corrected chi connectivity index (χ4v) is 4.13. The second-order valence-corrected chi connectivity index (χ2v) is 7.69. The average Bonchev–Trinajstić information content (AvgIpc) is 2.95. The molecule has 4 nitrogen and oxygen atoms in total. The van der Waals surface area contributed by atoms with E-state index in [1.54, 1.807) is 6.92 Å². The van der Waals surface area contributed by atoms with Gasteiger partial charge in [0.15, 0.2) is 29.1 Å². The Morgan fingerprint density at radius 2 is 1.70 bits per heavy atom. The molecule has 0 heterocycles. The van der Waals surface area contributed by atoms with E-state index in [-0.39, 0.29) is 30.2 Å². The number of carbonyl (C=O) groups excluding carboxylic acids is 1. The van der Waals surface area contributed by atoms with Crippen LogP contribution in [-0.2, 0) is 11.4 Å². The lowest BCUT2D eigenvalue weighted by Gasteiger charge is -2.16. The van der Waals surface area contributed by atoms with Crippen LogP contribution in [0.25, 0.3) is 0 Å². The first-order valence-electron chi connectivity index (χ1n) is 8.80. The number of halogens is 4. The van der Waals surface area contributed by atoms with Gasteiger partial charge in [-0.2, -0.15) is 0 Å². The molecule has 2 aliphatic carbocycles. The van der Waals surface area contributed by atoms with Gasteiger partial charge >= 0.3 is 0 Å². The maximum Gasteiger partial charge on any atom is 0.185 e. The van der Waals surface area contributed by atoms with Gasteiger partial charge in [-0.25, -0.2) is 17.6 Å². The number of hydrogen-bond donors (Lipinski definition) is 3. The standard InChI is InChI=1S/C19H22F4N2O2/c1-8(12-11(27)6-10-13(12)19(10,2)3)24-4-5-25-18-16(22)14(20)9(7-26)15(21)17(18)23/h10,13,24-26H,4-7H2,1-3H3/t10-,13-/m1/s1. The fourth-order valence-electron chi connectivity index (χ4n) is 4.13. The second kappa shape index (κ2) is 6.82. The van der Waals surface area contributed by atoms with Crippen LogP contribution >= 0.6 is 0 Å². The molecule has 2 aliphatic rings. The first kappa shape index (κ1) is 19.7. The average molecular weight is 386 g/mol. The molecule has 0 unspecified atom stereocenters. The highest BCUT2D eigenvalue weighted by atomic mass is 19.2. The highest BCUT2D eigenvalue weighted by Crippen LogP contribution is 2.68. The van der Waals surface area contributed by atoms with Gasteiger partial charge in [-0.05, 0) is 24.2 Å². The van der Waals surface area contributed by atoms with Gasteiger partial charge in [-0.1, -0.05) is 13.8 Å². The lowest BCUT2D eigenvalue weighted by atomic mass is 9.95. The Bertz CT molecular complexity index is 806. The number of hydrogen-bond acceptors (Lipinski definition) is 4. The number of rotatable bonds is 6. The number of anilines is 1. The molecule has 0 amide bonds. The third kappa shape index (κ3) is 3.09. The van der Waals surface area contributed by atoms with Crippen molar-refractivity contribution in [3.63, 3.8) is 0 Å². The minimum atomic E-state index is -1.62. The summed E-state index contributed by atoms with van der Waals surface area (Å²) in [6, 6.07) is 0. The summed E-state index contributed by atoms with van der Waals surface area (Å²) in [6.45, 7) is 5.04. The molecule has 2 fully saturated rings. The zero-order valence-electron chi connectivity index (χ0n) is 15.4. The van der Waals surface area contributed by atoms with E-state index in [1.807, 2.05) is 0 Å². The van der Waals surface area contributed by atoms with E-state index in [2.05, 4.69) is 24.5 Å². The molecule has 0 bridgehead atoms. The number of aliphatic hydroxyl groups excluding tert-OH is 1. The Kier molecular flexibility index (Phi) is 4.96. The summed E-state index contributed by atoms with van der Waals surface area (Å²) in [5, 5.41) is 14.2. The molecule has 0 aliphatic heterocycles. The number of allylic oxidation sites excluding steroid dienone is 2. The Morgan fingerprint density at radius 1 is 1.11 bits per heavy atom. The highest BCUT2D eigenvalue weighted by Gasteiger charge is 2.65. The van der Waals surface area contributed by atoms with Crippen LogP contribution in [0, 0.1) is 40.5 Å². The molecule has 8 heteroatoms. The topological polar surface area (TPSA) is 61.4 Å².